The molecule has 0 bridgehead atoms. The van der Waals surface area contributed by atoms with Crippen molar-refractivity contribution in [3.63, 3.8) is 0 Å². The molecule has 0 radical (unpaired) electrons. The van der Waals surface area contributed by atoms with Crippen molar-refractivity contribution in [2.75, 3.05) is 13.7 Å². The molecule has 1 aromatic carbocycles. The Morgan fingerprint density at radius 3 is 2.64 bits per heavy atom. The Morgan fingerprint density at radius 1 is 1.04 bits per heavy atom. The Hall–Kier alpha value is -3.21. The van der Waals surface area contributed by atoms with Gasteiger partial charge in [-0.3, -0.25) is 14.8 Å². The second-order valence-corrected chi connectivity index (χ2v) is 6.99. The van der Waals surface area contributed by atoms with Gasteiger partial charge in [-0.1, -0.05) is 18.2 Å². The first-order valence-electron chi connectivity index (χ1n) is 9.56. The first-order valence-corrected chi connectivity index (χ1v) is 9.56. The van der Waals surface area contributed by atoms with Gasteiger partial charge < -0.3 is 9.64 Å². The van der Waals surface area contributed by atoms with Crippen molar-refractivity contribution >= 4 is 5.91 Å². The van der Waals surface area contributed by atoms with E-state index in [2.05, 4.69) is 16.0 Å². The smallest absolute Gasteiger partial charge is 0.254 e. The lowest BCUT2D eigenvalue weighted by Crippen LogP contribution is -2.38. The summed E-state index contributed by atoms with van der Waals surface area (Å²) in [5.41, 5.74) is 3.78. The van der Waals surface area contributed by atoms with E-state index in [9.17, 15) is 4.79 Å². The Balaban J connectivity index is 1.57. The molecule has 1 aliphatic heterocycles. The van der Waals surface area contributed by atoms with E-state index in [1.54, 1.807) is 25.7 Å². The van der Waals surface area contributed by atoms with Crippen molar-refractivity contribution in [3.8, 4) is 16.9 Å². The Labute approximate surface area is 165 Å². The number of aromatic nitrogens is 2. The van der Waals surface area contributed by atoms with Crippen LogP contribution in [0.3, 0.4) is 0 Å². The average molecular weight is 373 g/mol. The molecular formula is C23H23N3O2. The summed E-state index contributed by atoms with van der Waals surface area (Å²) in [6.07, 6.45) is 10.3. The van der Waals surface area contributed by atoms with Crippen LogP contribution in [-0.4, -0.2) is 34.4 Å². The minimum Gasteiger partial charge on any atom is -0.495 e. The molecule has 1 fully saturated rings. The Morgan fingerprint density at radius 2 is 1.89 bits per heavy atom. The van der Waals surface area contributed by atoms with Gasteiger partial charge in [-0.2, -0.15) is 0 Å². The van der Waals surface area contributed by atoms with E-state index in [4.69, 9.17) is 4.74 Å². The fraction of sp³-hybridized carbons (Fsp3) is 0.261. The number of nitrogens with zero attached hydrogens (tertiary/aromatic N) is 3. The normalized spacial score (nSPS) is 16.6. The molecule has 1 atom stereocenters. The minimum absolute atomic E-state index is 0.0730. The maximum atomic E-state index is 13.2. The van der Waals surface area contributed by atoms with E-state index in [1.807, 2.05) is 47.5 Å². The van der Waals surface area contributed by atoms with Crippen LogP contribution in [0.25, 0.3) is 11.1 Å². The molecule has 142 valence electrons. The van der Waals surface area contributed by atoms with Gasteiger partial charge in [-0.05, 0) is 54.7 Å². The second kappa shape index (κ2) is 8.21. The summed E-state index contributed by atoms with van der Waals surface area (Å²) in [6.45, 7) is 0.778. The predicted molar refractivity (Wildman–Crippen MR) is 108 cm³/mol. The van der Waals surface area contributed by atoms with Crippen molar-refractivity contribution in [2.45, 2.75) is 25.3 Å². The van der Waals surface area contributed by atoms with Gasteiger partial charge in [0.25, 0.3) is 5.91 Å². The van der Waals surface area contributed by atoms with Gasteiger partial charge in [-0.25, -0.2) is 0 Å². The predicted octanol–water partition coefficient (Wildman–Crippen LogP) is 4.52. The third-order valence-corrected chi connectivity index (χ3v) is 5.25. The highest BCUT2D eigenvalue weighted by Gasteiger charge is 2.28. The molecular weight excluding hydrogens is 350 g/mol. The SMILES string of the molecule is COc1cncc(-c2ccc(C(=O)N3CCCC[C@@H]3c3cccnc3)cc2)c1. The number of benzene rings is 1. The lowest BCUT2D eigenvalue weighted by atomic mass is 9.95. The molecule has 1 amide bonds. The quantitative estimate of drug-likeness (QED) is 0.675. The molecule has 2 aromatic heterocycles. The topological polar surface area (TPSA) is 55.3 Å². The summed E-state index contributed by atoms with van der Waals surface area (Å²) in [7, 11) is 1.62. The first kappa shape index (κ1) is 18.2. The number of carbonyl (C=O) groups excluding carboxylic acids is 1. The van der Waals surface area contributed by atoms with E-state index in [1.165, 1.54) is 0 Å². The number of rotatable bonds is 4. The fourth-order valence-corrected chi connectivity index (χ4v) is 3.75. The summed E-state index contributed by atoms with van der Waals surface area (Å²) in [4.78, 5) is 23.6. The van der Waals surface area contributed by atoms with Crippen LogP contribution >= 0.6 is 0 Å². The first-order chi connectivity index (χ1) is 13.8. The van der Waals surface area contributed by atoms with Crippen LogP contribution in [0.5, 0.6) is 5.75 Å². The maximum Gasteiger partial charge on any atom is 0.254 e. The Bertz CT molecular complexity index is 942. The number of hydrogen-bond acceptors (Lipinski definition) is 4. The molecule has 3 heterocycles. The number of carbonyl (C=O) groups is 1. The summed E-state index contributed by atoms with van der Waals surface area (Å²) in [6, 6.07) is 13.7. The molecule has 0 spiro atoms. The number of hydrogen-bond donors (Lipinski definition) is 0. The van der Waals surface area contributed by atoms with Gasteiger partial charge >= 0.3 is 0 Å². The lowest BCUT2D eigenvalue weighted by molar-refractivity contribution is 0.0611. The van der Waals surface area contributed by atoms with Crippen LogP contribution in [0.2, 0.25) is 0 Å². The zero-order valence-electron chi connectivity index (χ0n) is 15.9. The molecule has 0 aliphatic carbocycles. The van der Waals surface area contributed by atoms with E-state index in [0.717, 1.165) is 42.5 Å². The van der Waals surface area contributed by atoms with Crippen molar-refractivity contribution in [3.05, 3.63) is 78.4 Å². The van der Waals surface area contributed by atoms with Crippen molar-refractivity contribution < 1.29 is 9.53 Å². The molecule has 4 rings (SSSR count). The molecule has 5 nitrogen and oxygen atoms in total. The van der Waals surface area contributed by atoms with Crippen LogP contribution in [0, 0.1) is 0 Å². The largest absolute Gasteiger partial charge is 0.495 e. The fourth-order valence-electron chi connectivity index (χ4n) is 3.75. The van der Waals surface area contributed by atoms with Gasteiger partial charge in [0.1, 0.15) is 5.75 Å². The van der Waals surface area contributed by atoms with E-state index in [0.29, 0.717) is 11.3 Å². The average Bonchev–Trinajstić information content (AvgIpc) is 2.79. The highest BCUT2D eigenvalue weighted by Crippen LogP contribution is 2.32. The van der Waals surface area contributed by atoms with E-state index in [-0.39, 0.29) is 11.9 Å². The lowest BCUT2D eigenvalue weighted by Gasteiger charge is -2.36. The van der Waals surface area contributed by atoms with Gasteiger partial charge in [0.15, 0.2) is 0 Å². The van der Waals surface area contributed by atoms with Crippen LogP contribution in [0.15, 0.2) is 67.3 Å². The number of piperidine rings is 1. The molecule has 1 saturated heterocycles. The molecule has 0 N–H and O–H groups in total. The number of pyridine rings is 2. The Kier molecular flexibility index (Phi) is 5.33. The van der Waals surface area contributed by atoms with Crippen molar-refractivity contribution in [1.82, 2.24) is 14.9 Å². The molecule has 0 saturated carbocycles. The molecule has 1 aliphatic rings. The van der Waals surface area contributed by atoms with Crippen molar-refractivity contribution in [1.29, 1.82) is 0 Å². The number of ether oxygens (including phenoxy) is 1. The standard InChI is InChI=1S/C23H23N3O2/c1-28-21-13-20(15-25-16-21)17-7-9-18(10-8-17)23(27)26-12-3-2-6-22(26)19-5-4-11-24-14-19/h4-5,7-11,13-16,22H,2-3,6,12H2,1H3/t22-/m1/s1. The highest BCUT2D eigenvalue weighted by atomic mass is 16.5. The summed E-state index contributed by atoms with van der Waals surface area (Å²) < 4.78 is 5.24. The van der Waals surface area contributed by atoms with Crippen LogP contribution in [0.1, 0.15) is 41.2 Å². The second-order valence-electron chi connectivity index (χ2n) is 6.99. The van der Waals surface area contributed by atoms with Gasteiger partial charge in [0.2, 0.25) is 0 Å². The third kappa shape index (κ3) is 3.74. The van der Waals surface area contributed by atoms with Crippen LogP contribution < -0.4 is 4.74 Å². The van der Waals surface area contributed by atoms with E-state index >= 15 is 0 Å². The van der Waals surface area contributed by atoms with Gasteiger partial charge in [0, 0.05) is 36.3 Å². The molecule has 3 aromatic rings. The zero-order chi connectivity index (χ0) is 19.3. The number of methoxy groups -OCH3 is 1. The summed E-state index contributed by atoms with van der Waals surface area (Å²) >= 11 is 0. The van der Waals surface area contributed by atoms with Crippen molar-refractivity contribution in [2.24, 2.45) is 0 Å². The molecule has 5 heteroatoms. The zero-order valence-corrected chi connectivity index (χ0v) is 15.9. The minimum atomic E-state index is 0.0730. The number of likely N-dealkylation sites (tertiary alicyclic amines) is 1. The highest BCUT2D eigenvalue weighted by molar-refractivity contribution is 5.95. The van der Waals surface area contributed by atoms with Crippen LogP contribution in [0.4, 0.5) is 0 Å². The van der Waals surface area contributed by atoms with Gasteiger partial charge in [-0.15, -0.1) is 0 Å². The molecule has 28 heavy (non-hydrogen) atoms. The summed E-state index contributed by atoms with van der Waals surface area (Å²) in [5, 5.41) is 0. The summed E-state index contributed by atoms with van der Waals surface area (Å²) in [5.74, 6) is 0.786. The monoisotopic (exact) mass is 373 g/mol. The van der Waals surface area contributed by atoms with Gasteiger partial charge in [0.05, 0.1) is 19.3 Å². The maximum absolute atomic E-state index is 13.2. The van der Waals surface area contributed by atoms with E-state index < -0.39 is 0 Å². The third-order valence-electron chi connectivity index (χ3n) is 5.25. The number of amides is 1. The molecule has 0 unspecified atom stereocenters. The van der Waals surface area contributed by atoms with Crippen LogP contribution in [-0.2, 0) is 0 Å².